The van der Waals surface area contributed by atoms with Crippen LogP contribution in [-0.2, 0) is 16.2 Å². The molecule has 0 radical (unpaired) electrons. The van der Waals surface area contributed by atoms with Crippen LogP contribution in [0.2, 0.25) is 0 Å². The molecule has 6 heteroatoms. The van der Waals surface area contributed by atoms with E-state index in [2.05, 4.69) is 29.2 Å². The quantitative estimate of drug-likeness (QED) is 0.924. The second-order valence-electron chi connectivity index (χ2n) is 6.61. The van der Waals surface area contributed by atoms with Crippen molar-refractivity contribution in [2.75, 3.05) is 13.1 Å². The zero-order valence-corrected chi connectivity index (χ0v) is 13.5. The van der Waals surface area contributed by atoms with Crippen molar-refractivity contribution in [1.82, 2.24) is 10.2 Å². The summed E-state index contributed by atoms with van der Waals surface area (Å²) in [4.78, 5) is 20.2. The Morgan fingerprint density at radius 1 is 1.43 bits per heavy atom. The van der Waals surface area contributed by atoms with Gasteiger partial charge in [0.05, 0.1) is 0 Å². The summed E-state index contributed by atoms with van der Waals surface area (Å²) in [6.45, 7) is 6.44. The van der Waals surface area contributed by atoms with Crippen LogP contribution in [0.15, 0.2) is 29.4 Å². The molecule has 23 heavy (non-hydrogen) atoms. The van der Waals surface area contributed by atoms with Crippen LogP contribution in [0.4, 0.5) is 4.39 Å². The standard InChI is InChI=1S/C17H22FN3O2/c1-12(2)21-8-7-17(11-21)9-15(20-23-17)16(22)19-10-13-3-5-14(18)6-4-13/h3-6,12H,7-11H2,1-2H3,(H,19,22)/t17-/m0/s1. The Hall–Kier alpha value is -1.95. The fourth-order valence-corrected chi connectivity index (χ4v) is 3.07. The smallest absolute Gasteiger partial charge is 0.269 e. The number of carbonyl (C=O) groups is 1. The Morgan fingerprint density at radius 3 is 2.83 bits per heavy atom. The number of nitrogens with zero attached hydrogens (tertiary/aromatic N) is 2. The Bertz CT molecular complexity index is 615. The van der Waals surface area contributed by atoms with E-state index in [1.165, 1.54) is 12.1 Å². The lowest BCUT2D eigenvalue weighted by molar-refractivity contribution is -0.115. The van der Waals surface area contributed by atoms with Gasteiger partial charge < -0.3 is 10.2 Å². The van der Waals surface area contributed by atoms with Crippen molar-refractivity contribution in [1.29, 1.82) is 0 Å². The molecule has 3 rings (SSSR count). The Kier molecular flexibility index (Phi) is 4.35. The molecule has 1 amide bonds. The highest BCUT2D eigenvalue weighted by molar-refractivity contribution is 6.39. The highest BCUT2D eigenvalue weighted by Gasteiger charge is 2.46. The summed E-state index contributed by atoms with van der Waals surface area (Å²) >= 11 is 0. The van der Waals surface area contributed by atoms with Gasteiger partial charge in [0.1, 0.15) is 11.5 Å². The van der Waals surface area contributed by atoms with Crippen molar-refractivity contribution >= 4 is 11.6 Å². The number of benzene rings is 1. The first-order chi connectivity index (χ1) is 11.0. The third-order valence-corrected chi connectivity index (χ3v) is 4.54. The summed E-state index contributed by atoms with van der Waals surface area (Å²) in [5.74, 6) is -0.499. The average Bonchev–Trinajstić information content (AvgIpc) is 3.14. The van der Waals surface area contributed by atoms with Crippen LogP contribution in [0.3, 0.4) is 0 Å². The minimum atomic E-state index is -0.340. The van der Waals surface area contributed by atoms with Gasteiger partial charge in [0.2, 0.25) is 0 Å². The van der Waals surface area contributed by atoms with Crippen molar-refractivity contribution in [3.63, 3.8) is 0 Å². The van der Waals surface area contributed by atoms with Crippen LogP contribution in [0.1, 0.15) is 32.3 Å². The SMILES string of the molecule is CC(C)N1CC[C@]2(CC(C(=O)NCc3ccc(F)cc3)=NO2)C1. The third kappa shape index (κ3) is 3.52. The maximum Gasteiger partial charge on any atom is 0.269 e. The van der Waals surface area contributed by atoms with E-state index < -0.39 is 0 Å². The van der Waals surface area contributed by atoms with Crippen molar-refractivity contribution < 1.29 is 14.0 Å². The second-order valence-corrected chi connectivity index (χ2v) is 6.61. The zero-order valence-electron chi connectivity index (χ0n) is 13.5. The first-order valence-corrected chi connectivity index (χ1v) is 7.99. The Morgan fingerprint density at radius 2 is 2.17 bits per heavy atom. The summed E-state index contributed by atoms with van der Waals surface area (Å²) in [5.41, 5.74) is 0.950. The molecule has 2 aliphatic heterocycles. The van der Waals surface area contributed by atoms with Gasteiger partial charge in [-0.15, -0.1) is 0 Å². The van der Waals surface area contributed by atoms with Crippen LogP contribution in [0.5, 0.6) is 0 Å². The highest BCUT2D eigenvalue weighted by Crippen LogP contribution is 2.34. The molecular weight excluding hydrogens is 297 g/mol. The Balaban J connectivity index is 1.52. The van der Waals surface area contributed by atoms with Gasteiger partial charge in [-0.3, -0.25) is 9.69 Å². The van der Waals surface area contributed by atoms with Crippen LogP contribution < -0.4 is 5.32 Å². The molecule has 1 N–H and O–H groups in total. The molecule has 1 aromatic rings. The van der Waals surface area contributed by atoms with Crippen LogP contribution in [0.25, 0.3) is 0 Å². The third-order valence-electron chi connectivity index (χ3n) is 4.54. The molecule has 124 valence electrons. The Labute approximate surface area is 135 Å². The van der Waals surface area contributed by atoms with Crippen molar-refractivity contribution in [2.45, 2.75) is 44.9 Å². The molecule has 1 aromatic carbocycles. The fraction of sp³-hybridized carbons (Fsp3) is 0.529. The fourth-order valence-electron chi connectivity index (χ4n) is 3.07. The number of nitrogens with one attached hydrogen (secondary N) is 1. The minimum absolute atomic E-state index is 0.214. The lowest BCUT2D eigenvalue weighted by Crippen LogP contribution is -2.38. The molecule has 0 aromatic heterocycles. The van der Waals surface area contributed by atoms with Crippen LogP contribution >= 0.6 is 0 Å². The van der Waals surface area contributed by atoms with Crippen molar-refractivity contribution in [3.8, 4) is 0 Å². The van der Waals surface area contributed by atoms with Crippen LogP contribution in [0, 0.1) is 5.82 Å². The molecule has 1 saturated heterocycles. The van der Waals surface area contributed by atoms with Gasteiger partial charge in [-0.25, -0.2) is 4.39 Å². The molecule has 1 atom stereocenters. The number of oxime groups is 1. The monoisotopic (exact) mass is 319 g/mol. The molecular formula is C17H22FN3O2. The molecule has 0 bridgehead atoms. The number of amides is 1. The van der Waals surface area contributed by atoms with Crippen molar-refractivity contribution in [3.05, 3.63) is 35.6 Å². The molecule has 2 aliphatic rings. The van der Waals surface area contributed by atoms with Gasteiger partial charge in [0.25, 0.3) is 5.91 Å². The molecule has 0 aliphatic carbocycles. The topological polar surface area (TPSA) is 53.9 Å². The molecule has 2 heterocycles. The summed E-state index contributed by atoms with van der Waals surface area (Å²) < 4.78 is 12.9. The zero-order chi connectivity index (χ0) is 16.4. The second kappa shape index (κ2) is 6.28. The largest absolute Gasteiger partial charge is 0.387 e. The molecule has 1 fully saturated rings. The van der Waals surface area contributed by atoms with Gasteiger partial charge in [0.15, 0.2) is 5.60 Å². The molecule has 0 saturated carbocycles. The highest BCUT2D eigenvalue weighted by atomic mass is 19.1. The number of halogens is 1. The van der Waals surface area contributed by atoms with Gasteiger partial charge >= 0.3 is 0 Å². The maximum atomic E-state index is 12.9. The van der Waals surface area contributed by atoms with Crippen molar-refractivity contribution in [2.24, 2.45) is 5.16 Å². The van der Waals surface area contributed by atoms with Gasteiger partial charge in [-0.05, 0) is 31.5 Å². The predicted octanol–water partition coefficient (Wildman–Crippen LogP) is 2.07. The summed E-state index contributed by atoms with van der Waals surface area (Å²) in [6.07, 6.45) is 1.44. The molecule has 0 unspecified atom stereocenters. The van der Waals surface area contributed by atoms with Gasteiger partial charge in [-0.1, -0.05) is 17.3 Å². The number of hydrogen-bond acceptors (Lipinski definition) is 4. The van der Waals surface area contributed by atoms with E-state index in [1.54, 1.807) is 12.1 Å². The van der Waals surface area contributed by atoms with E-state index in [0.717, 1.165) is 25.1 Å². The van der Waals surface area contributed by atoms with Crippen LogP contribution in [-0.4, -0.2) is 41.3 Å². The average molecular weight is 319 g/mol. The van der Waals surface area contributed by atoms with E-state index in [-0.39, 0.29) is 17.3 Å². The normalized spacial score (nSPS) is 24.1. The number of likely N-dealkylation sites (tertiary alicyclic amines) is 1. The lowest BCUT2D eigenvalue weighted by atomic mass is 9.96. The van der Waals surface area contributed by atoms with E-state index in [1.807, 2.05) is 0 Å². The lowest BCUT2D eigenvalue weighted by Gasteiger charge is -2.23. The summed E-state index contributed by atoms with van der Waals surface area (Å²) in [7, 11) is 0. The summed E-state index contributed by atoms with van der Waals surface area (Å²) in [6, 6.07) is 6.54. The van der Waals surface area contributed by atoms with E-state index >= 15 is 0 Å². The van der Waals surface area contributed by atoms with Gasteiger partial charge in [-0.2, -0.15) is 0 Å². The van der Waals surface area contributed by atoms with Gasteiger partial charge in [0, 0.05) is 38.5 Å². The molecule has 5 nitrogen and oxygen atoms in total. The number of carbonyl (C=O) groups excluding carboxylic acids is 1. The first-order valence-electron chi connectivity index (χ1n) is 7.99. The summed E-state index contributed by atoms with van der Waals surface area (Å²) in [5, 5.41) is 6.82. The maximum absolute atomic E-state index is 12.9. The minimum Gasteiger partial charge on any atom is -0.387 e. The predicted molar refractivity (Wildman–Crippen MR) is 85.4 cm³/mol. The molecule has 1 spiro atoms. The first kappa shape index (κ1) is 15.9. The van der Waals surface area contributed by atoms with E-state index in [0.29, 0.717) is 24.7 Å². The van der Waals surface area contributed by atoms with E-state index in [4.69, 9.17) is 4.84 Å². The number of hydrogen-bond donors (Lipinski definition) is 1. The number of rotatable bonds is 4. The van der Waals surface area contributed by atoms with E-state index in [9.17, 15) is 9.18 Å².